The summed E-state index contributed by atoms with van der Waals surface area (Å²) in [5, 5.41) is 2.72. The van der Waals surface area contributed by atoms with Crippen molar-refractivity contribution in [3.8, 4) is 0 Å². The Bertz CT molecular complexity index is 863. The Morgan fingerprint density at radius 1 is 1.03 bits per heavy atom. The van der Waals surface area contributed by atoms with E-state index in [1.807, 2.05) is 0 Å². The van der Waals surface area contributed by atoms with Gasteiger partial charge in [0.15, 0.2) is 0 Å². The molecule has 2 aromatic carbocycles. The predicted molar refractivity (Wildman–Crippen MR) is 106 cm³/mol. The highest BCUT2D eigenvalue weighted by molar-refractivity contribution is 9.10. The average Bonchev–Trinajstić information content (AvgIpc) is 3.51. The van der Waals surface area contributed by atoms with Gasteiger partial charge in [0.2, 0.25) is 5.91 Å². The lowest BCUT2D eigenvalue weighted by Crippen LogP contribution is -2.35. The maximum atomic E-state index is 12.7. The van der Waals surface area contributed by atoms with E-state index in [9.17, 15) is 22.8 Å². The number of hydrogen-bond acceptors (Lipinski definition) is 2. The first-order valence-corrected chi connectivity index (χ1v) is 10.0. The molecule has 1 aliphatic carbocycles. The van der Waals surface area contributed by atoms with Crippen LogP contribution in [0, 0.1) is 0 Å². The van der Waals surface area contributed by atoms with Crippen molar-refractivity contribution >= 4 is 27.7 Å². The molecule has 29 heavy (non-hydrogen) atoms. The maximum absolute atomic E-state index is 12.7. The van der Waals surface area contributed by atoms with Crippen LogP contribution >= 0.6 is 15.9 Å². The molecule has 2 amide bonds. The highest BCUT2D eigenvalue weighted by Gasteiger charge is 2.33. The van der Waals surface area contributed by atoms with Crippen LogP contribution < -0.4 is 5.32 Å². The maximum Gasteiger partial charge on any atom is 0.416 e. The summed E-state index contributed by atoms with van der Waals surface area (Å²) in [6.45, 7) is 0.465. The molecule has 0 bridgehead atoms. The summed E-state index contributed by atoms with van der Waals surface area (Å²) in [5.41, 5.74) is 0.447. The molecule has 0 aliphatic heterocycles. The Hall–Kier alpha value is -2.35. The minimum absolute atomic E-state index is 0.118. The first-order chi connectivity index (χ1) is 13.7. The summed E-state index contributed by atoms with van der Waals surface area (Å²) in [7, 11) is 0. The number of benzene rings is 2. The van der Waals surface area contributed by atoms with E-state index in [0.717, 1.165) is 29.4 Å². The molecule has 2 aromatic rings. The van der Waals surface area contributed by atoms with Crippen molar-refractivity contribution in [3.05, 3.63) is 69.7 Å². The molecule has 0 atom stereocenters. The molecule has 1 aliphatic rings. The van der Waals surface area contributed by atoms with Gasteiger partial charge >= 0.3 is 6.18 Å². The van der Waals surface area contributed by atoms with Gasteiger partial charge in [0.05, 0.1) is 5.56 Å². The minimum Gasteiger partial charge on any atom is -0.352 e. The monoisotopic (exact) mass is 468 g/mol. The zero-order valence-corrected chi connectivity index (χ0v) is 17.1. The summed E-state index contributed by atoms with van der Waals surface area (Å²) < 4.78 is 39.0. The van der Waals surface area contributed by atoms with E-state index in [1.165, 1.54) is 12.1 Å². The largest absolute Gasteiger partial charge is 0.416 e. The molecule has 154 valence electrons. The number of alkyl halides is 3. The van der Waals surface area contributed by atoms with Crippen LogP contribution in [0.25, 0.3) is 0 Å². The predicted octanol–water partition coefficient (Wildman–Crippen LogP) is 4.78. The molecule has 3 rings (SSSR count). The molecular formula is C21H20BrF3N2O2. The number of halogens is 4. The normalized spacial score (nSPS) is 13.8. The molecule has 0 unspecified atom stereocenters. The molecule has 1 N–H and O–H groups in total. The van der Waals surface area contributed by atoms with E-state index in [-0.39, 0.29) is 37.4 Å². The Morgan fingerprint density at radius 3 is 2.21 bits per heavy atom. The van der Waals surface area contributed by atoms with Gasteiger partial charge in [-0.2, -0.15) is 13.2 Å². The second-order valence-corrected chi connectivity index (χ2v) is 7.88. The number of nitrogens with one attached hydrogen (secondary N) is 1. The Labute approximate surface area is 175 Å². The van der Waals surface area contributed by atoms with Crippen molar-refractivity contribution < 1.29 is 22.8 Å². The van der Waals surface area contributed by atoms with E-state index in [0.29, 0.717) is 11.1 Å². The van der Waals surface area contributed by atoms with Gasteiger partial charge in [0, 0.05) is 35.6 Å². The van der Waals surface area contributed by atoms with Crippen LogP contribution in [0.15, 0.2) is 53.0 Å². The number of rotatable bonds is 7. The zero-order valence-electron chi connectivity index (χ0n) is 15.5. The van der Waals surface area contributed by atoms with E-state index in [1.54, 1.807) is 29.2 Å². The van der Waals surface area contributed by atoms with Crippen molar-refractivity contribution in [2.75, 3.05) is 6.54 Å². The van der Waals surface area contributed by atoms with Gasteiger partial charge in [-0.15, -0.1) is 0 Å². The molecule has 0 heterocycles. The van der Waals surface area contributed by atoms with Crippen molar-refractivity contribution in [2.24, 2.45) is 0 Å². The SMILES string of the molecule is O=C(NCCC(=O)N(Cc1ccc(C(F)(F)F)cc1)C1CC1)c1ccc(Br)cc1. The van der Waals surface area contributed by atoms with Crippen molar-refractivity contribution in [1.82, 2.24) is 10.2 Å². The average molecular weight is 469 g/mol. The third-order valence-electron chi connectivity index (χ3n) is 4.67. The minimum atomic E-state index is -4.38. The van der Waals surface area contributed by atoms with E-state index in [4.69, 9.17) is 0 Å². The standard InChI is InChI=1S/C21H20BrF3N2O2/c22-17-7-3-15(4-8-17)20(29)26-12-11-19(28)27(18-9-10-18)13-14-1-5-16(6-2-14)21(23,24)25/h1-8,18H,9-13H2,(H,26,29). The summed E-state index contributed by atoms with van der Waals surface area (Å²) in [5.74, 6) is -0.380. The van der Waals surface area contributed by atoms with Gasteiger partial charge in [0.1, 0.15) is 0 Å². The zero-order chi connectivity index (χ0) is 21.0. The van der Waals surface area contributed by atoms with Gasteiger partial charge in [-0.05, 0) is 54.8 Å². The first-order valence-electron chi connectivity index (χ1n) is 9.23. The molecule has 0 saturated heterocycles. The number of amides is 2. The smallest absolute Gasteiger partial charge is 0.352 e. The van der Waals surface area contributed by atoms with Crippen molar-refractivity contribution in [2.45, 2.75) is 38.0 Å². The molecule has 1 fully saturated rings. The van der Waals surface area contributed by atoms with Gasteiger partial charge in [0.25, 0.3) is 5.91 Å². The summed E-state index contributed by atoms with van der Waals surface area (Å²) in [6.07, 6.45) is -2.47. The number of carbonyl (C=O) groups excluding carboxylic acids is 2. The summed E-state index contributed by atoms with van der Waals surface area (Å²) in [6, 6.07) is 11.9. The Kier molecular flexibility index (Phi) is 6.62. The molecule has 8 heteroatoms. The van der Waals surface area contributed by atoms with Crippen LogP contribution in [0.4, 0.5) is 13.2 Å². The quantitative estimate of drug-likeness (QED) is 0.635. The Balaban J connectivity index is 1.53. The molecule has 0 spiro atoms. The molecule has 0 aromatic heterocycles. The van der Waals surface area contributed by atoms with Gasteiger partial charge in [-0.3, -0.25) is 9.59 Å². The van der Waals surface area contributed by atoms with Crippen molar-refractivity contribution in [3.63, 3.8) is 0 Å². The van der Waals surface area contributed by atoms with Crippen LogP contribution in [0.3, 0.4) is 0 Å². The van der Waals surface area contributed by atoms with Crippen LogP contribution in [0.2, 0.25) is 0 Å². The number of nitrogens with zero attached hydrogens (tertiary/aromatic N) is 1. The highest BCUT2D eigenvalue weighted by Crippen LogP contribution is 2.31. The van der Waals surface area contributed by atoms with Gasteiger partial charge in [-0.1, -0.05) is 28.1 Å². The molecular weight excluding hydrogens is 449 g/mol. The lowest BCUT2D eigenvalue weighted by atomic mass is 10.1. The topological polar surface area (TPSA) is 49.4 Å². The van der Waals surface area contributed by atoms with Crippen molar-refractivity contribution in [1.29, 1.82) is 0 Å². The van der Waals surface area contributed by atoms with Crippen LogP contribution in [0.5, 0.6) is 0 Å². The fourth-order valence-corrected chi connectivity index (χ4v) is 3.20. The van der Waals surface area contributed by atoms with Gasteiger partial charge < -0.3 is 10.2 Å². The lowest BCUT2D eigenvalue weighted by Gasteiger charge is -2.23. The fraction of sp³-hybridized carbons (Fsp3) is 0.333. The summed E-state index contributed by atoms with van der Waals surface area (Å²) >= 11 is 3.30. The second-order valence-electron chi connectivity index (χ2n) is 6.96. The van der Waals surface area contributed by atoms with E-state index in [2.05, 4.69) is 21.2 Å². The lowest BCUT2D eigenvalue weighted by molar-refractivity contribution is -0.137. The highest BCUT2D eigenvalue weighted by atomic mass is 79.9. The molecule has 4 nitrogen and oxygen atoms in total. The van der Waals surface area contributed by atoms with E-state index >= 15 is 0 Å². The third-order valence-corrected chi connectivity index (χ3v) is 5.20. The first kappa shape index (κ1) is 21.4. The second kappa shape index (κ2) is 8.98. The van der Waals surface area contributed by atoms with Crippen LogP contribution in [0.1, 0.15) is 40.7 Å². The molecule has 0 radical (unpaired) electrons. The molecule has 1 saturated carbocycles. The number of hydrogen-bond donors (Lipinski definition) is 1. The Morgan fingerprint density at radius 2 is 1.66 bits per heavy atom. The summed E-state index contributed by atoms with van der Waals surface area (Å²) in [4.78, 5) is 26.4. The van der Waals surface area contributed by atoms with E-state index < -0.39 is 11.7 Å². The van der Waals surface area contributed by atoms with Crippen LogP contribution in [-0.2, 0) is 17.5 Å². The number of carbonyl (C=O) groups is 2. The fourth-order valence-electron chi connectivity index (χ4n) is 2.93. The third kappa shape index (κ3) is 6.06. The van der Waals surface area contributed by atoms with Gasteiger partial charge in [-0.25, -0.2) is 0 Å². The van der Waals surface area contributed by atoms with Crippen LogP contribution in [-0.4, -0.2) is 29.3 Å².